The number of likely N-dealkylation sites (tertiary alicyclic amines) is 1. The Kier molecular flexibility index (Phi) is 5.40. The first kappa shape index (κ1) is 20.4. The number of hydrogen-bond donors (Lipinski definition) is 0. The molecular weight excluding hydrogens is 391 g/mol. The van der Waals surface area contributed by atoms with Gasteiger partial charge in [0.1, 0.15) is 11.4 Å². The number of rotatable bonds is 4. The van der Waals surface area contributed by atoms with Crippen LogP contribution in [0.4, 0.5) is 4.39 Å². The molecule has 0 saturated carbocycles. The van der Waals surface area contributed by atoms with Crippen molar-refractivity contribution in [1.82, 2.24) is 9.80 Å². The summed E-state index contributed by atoms with van der Waals surface area (Å²) in [6.45, 7) is 3.63. The van der Waals surface area contributed by atoms with E-state index in [-0.39, 0.29) is 17.8 Å². The summed E-state index contributed by atoms with van der Waals surface area (Å²) in [6, 6.07) is 17.5. The zero-order chi connectivity index (χ0) is 21.4. The summed E-state index contributed by atoms with van der Waals surface area (Å²) in [5.41, 5.74) is 3.12. The minimum absolute atomic E-state index is 0.0878. The summed E-state index contributed by atoms with van der Waals surface area (Å²) < 4.78 is 18.7. The van der Waals surface area contributed by atoms with Crippen LogP contribution in [0.15, 0.2) is 60.2 Å². The van der Waals surface area contributed by atoms with Crippen molar-refractivity contribution < 1.29 is 13.9 Å². The molecule has 0 unspecified atom stereocenters. The Hall–Kier alpha value is -2.50. The second kappa shape index (κ2) is 8.21. The van der Waals surface area contributed by atoms with E-state index in [0.717, 1.165) is 51.0 Å². The predicted molar refractivity (Wildman–Crippen MR) is 119 cm³/mol. The number of fused-ring (bicyclic) bond motifs is 3. The second-order valence-electron chi connectivity index (χ2n) is 9.16. The molecule has 3 saturated heterocycles. The molecule has 0 aromatic heterocycles. The monoisotopic (exact) mass is 420 g/mol. The lowest BCUT2D eigenvalue weighted by Gasteiger charge is -2.40. The third kappa shape index (κ3) is 3.70. The number of benzene rings is 2. The van der Waals surface area contributed by atoms with Crippen LogP contribution < -0.4 is 0 Å². The van der Waals surface area contributed by atoms with Crippen LogP contribution in [0.2, 0.25) is 0 Å². The lowest BCUT2D eigenvalue weighted by molar-refractivity contribution is -0.152. The first-order chi connectivity index (χ1) is 15.1. The summed E-state index contributed by atoms with van der Waals surface area (Å²) in [6.07, 6.45) is 4.95. The number of methoxy groups -OCH3 is 1. The standard InChI is InChI=1S/C26H29FN2O2/c1-31-25(30)26-12-5-13-29(26)24-21(14-19-8-10-23(27)11-9-19)17-28(18-22(24)15-26)16-20-6-3-2-4-7-20/h2-4,6-11,14,22,24H,5,12-13,15-18H2,1H3/b21-14+/t22-,24+,26-/m1/s1. The first-order valence-electron chi connectivity index (χ1n) is 11.2. The zero-order valence-corrected chi connectivity index (χ0v) is 18.0. The van der Waals surface area contributed by atoms with Crippen molar-refractivity contribution in [2.75, 3.05) is 26.7 Å². The van der Waals surface area contributed by atoms with E-state index < -0.39 is 5.54 Å². The number of nitrogens with zero attached hydrogens (tertiary/aromatic N) is 2. The van der Waals surface area contributed by atoms with Crippen LogP contribution in [-0.4, -0.2) is 54.1 Å². The van der Waals surface area contributed by atoms with E-state index in [9.17, 15) is 9.18 Å². The summed E-state index contributed by atoms with van der Waals surface area (Å²) in [4.78, 5) is 17.8. The van der Waals surface area contributed by atoms with Crippen LogP contribution in [-0.2, 0) is 16.1 Å². The summed E-state index contributed by atoms with van der Waals surface area (Å²) in [5.74, 6) is 0.0678. The van der Waals surface area contributed by atoms with Gasteiger partial charge in [-0.3, -0.25) is 14.6 Å². The fourth-order valence-electron chi connectivity index (χ4n) is 6.10. The van der Waals surface area contributed by atoms with E-state index in [1.807, 2.05) is 18.2 Å². The molecule has 5 rings (SSSR count). The van der Waals surface area contributed by atoms with Gasteiger partial charge in [0, 0.05) is 25.7 Å². The molecule has 0 radical (unpaired) electrons. The van der Waals surface area contributed by atoms with E-state index in [4.69, 9.17) is 4.74 Å². The molecule has 0 bridgehead atoms. The van der Waals surface area contributed by atoms with E-state index in [2.05, 4.69) is 40.1 Å². The maximum absolute atomic E-state index is 13.5. The summed E-state index contributed by atoms with van der Waals surface area (Å²) in [5, 5.41) is 0. The number of carbonyl (C=O) groups excluding carboxylic acids is 1. The average Bonchev–Trinajstić information content (AvgIpc) is 3.32. The Morgan fingerprint density at radius 1 is 1.19 bits per heavy atom. The Labute approximate surface area is 183 Å². The van der Waals surface area contributed by atoms with Crippen LogP contribution in [0, 0.1) is 11.7 Å². The molecule has 31 heavy (non-hydrogen) atoms. The third-order valence-corrected chi connectivity index (χ3v) is 7.24. The van der Waals surface area contributed by atoms with Gasteiger partial charge in [0.25, 0.3) is 0 Å². The van der Waals surface area contributed by atoms with Gasteiger partial charge in [-0.05, 0) is 60.6 Å². The van der Waals surface area contributed by atoms with Gasteiger partial charge < -0.3 is 4.74 Å². The maximum atomic E-state index is 13.5. The first-order valence-corrected chi connectivity index (χ1v) is 11.2. The normalized spacial score (nSPS) is 29.7. The van der Waals surface area contributed by atoms with Crippen LogP contribution in [0.5, 0.6) is 0 Å². The van der Waals surface area contributed by atoms with E-state index >= 15 is 0 Å². The van der Waals surface area contributed by atoms with Crippen LogP contribution >= 0.6 is 0 Å². The largest absolute Gasteiger partial charge is 0.468 e. The van der Waals surface area contributed by atoms with Crippen molar-refractivity contribution in [3.8, 4) is 0 Å². The number of halogens is 1. The van der Waals surface area contributed by atoms with E-state index in [1.54, 1.807) is 0 Å². The molecule has 2 aromatic carbocycles. The third-order valence-electron chi connectivity index (χ3n) is 7.24. The van der Waals surface area contributed by atoms with Gasteiger partial charge in [0.2, 0.25) is 0 Å². The lowest BCUT2D eigenvalue weighted by Crippen LogP contribution is -2.52. The molecule has 0 amide bonds. The molecule has 3 fully saturated rings. The molecule has 0 spiro atoms. The summed E-state index contributed by atoms with van der Waals surface area (Å²) >= 11 is 0. The maximum Gasteiger partial charge on any atom is 0.326 e. The molecule has 3 aliphatic rings. The molecular formula is C26H29FN2O2. The SMILES string of the molecule is COC(=O)[C@]12CCCN1[C@H]1/C(=C/c3ccc(F)cc3)CN(Cc3ccccc3)C[C@H]1C2. The summed E-state index contributed by atoms with van der Waals surface area (Å²) in [7, 11) is 1.51. The van der Waals surface area contributed by atoms with Crippen molar-refractivity contribution in [3.63, 3.8) is 0 Å². The molecule has 3 heterocycles. The lowest BCUT2D eigenvalue weighted by atomic mass is 9.83. The minimum Gasteiger partial charge on any atom is -0.468 e. The molecule has 2 aromatic rings. The predicted octanol–water partition coefficient (Wildman–Crippen LogP) is 4.12. The van der Waals surface area contributed by atoms with Gasteiger partial charge in [-0.1, -0.05) is 48.5 Å². The Morgan fingerprint density at radius 3 is 2.71 bits per heavy atom. The molecule has 0 aliphatic carbocycles. The van der Waals surface area contributed by atoms with Gasteiger partial charge in [-0.25, -0.2) is 4.39 Å². The number of hydrogen-bond acceptors (Lipinski definition) is 4. The van der Waals surface area contributed by atoms with Crippen molar-refractivity contribution in [2.24, 2.45) is 5.92 Å². The van der Waals surface area contributed by atoms with Crippen LogP contribution in [0.25, 0.3) is 6.08 Å². The van der Waals surface area contributed by atoms with Crippen LogP contribution in [0.3, 0.4) is 0 Å². The number of esters is 1. The fraction of sp³-hybridized carbons (Fsp3) is 0.423. The fourth-order valence-corrected chi connectivity index (χ4v) is 6.10. The highest BCUT2D eigenvalue weighted by Gasteiger charge is 2.60. The van der Waals surface area contributed by atoms with E-state index in [0.29, 0.717) is 5.92 Å². The highest BCUT2D eigenvalue weighted by atomic mass is 19.1. The van der Waals surface area contributed by atoms with Gasteiger partial charge in [-0.15, -0.1) is 0 Å². The molecule has 5 heteroatoms. The molecule has 0 N–H and O–H groups in total. The molecule has 3 aliphatic heterocycles. The quantitative estimate of drug-likeness (QED) is 0.697. The Morgan fingerprint density at radius 2 is 1.97 bits per heavy atom. The smallest absolute Gasteiger partial charge is 0.326 e. The highest BCUT2D eigenvalue weighted by Crippen LogP contribution is 2.50. The van der Waals surface area contributed by atoms with Gasteiger partial charge in [-0.2, -0.15) is 0 Å². The molecule has 3 atom stereocenters. The highest BCUT2D eigenvalue weighted by molar-refractivity contribution is 5.82. The number of piperidine rings is 1. The van der Waals surface area contributed by atoms with Gasteiger partial charge in [0.05, 0.1) is 7.11 Å². The van der Waals surface area contributed by atoms with E-state index in [1.165, 1.54) is 30.4 Å². The van der Waals surface area contributed by atoms with Gasteiger partial charge >= 0.3 is 5.97 Å². The van der Waals surface area contributed by atoms with Crippen molar-refractivity contribution in [2.45, 2.75) is 37.4 Å². The van der Waals surface area contributed by atoms with Crippen molar-refractivity contribution >= 4 is 12.0 Å². The zero-order valence-electron chi connectivity index (χ0n) is 18.0. The molecule has 4 nitrogen and oxygen atoms in total. The Bertz CT molecular complexity index is 975. The molecule has 162 valence electrons. The number of carbonyl (C=O) groups is 1. The van der Waals surface area contributed by atoms with Gasteiger partial charge in [0.15, 0.2) is 0 Å². The van der Waals surface area contributed by atoms with Crippen LogP contribution in [0.1, 0.15) is 30.4 Å². The Balaban J connectivity index is 1.50. The number of ether oxygens (including phenoxy) is 1. The average molecular weight is 421 g/mol. The second-order valence-corrected chi connectivity index (χ2v) is 9.16. The topological polar surface area (TPSA) is 32.8 Å². The van der Waals surface area contributed by atoms with Crippen molar-refractivity contribution in [3.05, 3.63) is 77.1 Å². The minimum atomic E-state index is -0.491. The van der Waals surface area contributed by atoms with Crippen molar-refractivity contribution in [1.29, 1.82) is 0 Å².